The highest BCUT2D eigenvalue weighted by Crippen LogP contribution is 2.45. The van der Waals surface area contributed by atoms with Crippen molar-refractivity contribution < 1.29 is 9.53 Å². The van der Waals surface area contributed by atoms with Crippen LogP contribution in [0.2, 0.25) is 0 Å². The average Bonchev–Trinajstić information content (AvgIpc) is 2.65. The normalized spacial score (nSPS) is 19.1. The summed E-state index contributed by atoms with van der Waals surface area (Å²) in [5.74, 6) is 0.770. The molecule has 0 fully saturated rings. The first-order chi connectivity index (χ1) is 12.9. The highest BCUT2D eigenvalue weighted by Gasteiger charge is 2.46. The number of carbonyl (C=O) groups excluding carboxylic acids is 1. The Hall–Kier alpha value is -0.820. The molecule has 2 aromatic carbocycles. The van der Waals surface area contributed by atoms with Crippen LogP contribution >= 0.6 is 43.6 Å². The fraction of sp³-hybridized carbons (Fsp3) is 0.381. The van der Waals surface area contributed by atoms with E-state index in [2.05, 4.69) is 81.8 Å². The van der Waals surface area contributed by atoms with E-state index < -0.39 is 4.75 Å². The summed E-state index contributed by atoms with van der Waals surface area (Å²) in [4.78, 5) is 17.1. The van der Waals surface area contributed by atoms with Crippen molar-refractivity contribution in [1.29, 1.82) is 0 Å². The number of benzene rings is 2. The van der Waals surface area contributed by atoms with Gasteiger partial charge in [-0.15, -0.1) is 11.8 Å². The zero-order valence-electron chi connectivity index (χ0n) is 15.7. The molecule has 144 valence electrons. The van der Waals surface area contributed by atoms with Crippen LogP contribution in [0.5, 0.6) is 5.75 Å². The second-order valence-corrected chi connectivity index (χ2v) is 9.98. The third kappa shape index (κ3) is 4.44. The van der Waals surface area contributed by atoms with Gasteiger partial charge in [-0.05, 0) is 60.2 Å². The summed E-state index contributed by atoms with van der Waals surface area (Å²) < 4.78 is 7.14. The highest BCUT2D eigenvalue weighted by atomic mass is 79.9. The molecule has 0 saturated carbocycles. The Morgan fingerprint density at radius 1 is 1.15 bits per heavy atom. The number of aryl methyl sites for hydroxylation is 1. The number of fused-ring (bicyclic) bond motifs is 1. The summed E-state index contributed by atoms with van der Waals surface area (Å²) in [5.41, 5.74) is 1.84. The van der Waals surface area contributed by atoms with Gasteiger partial charge in [0.15, 0.2) is 5.78 Å². The summed E-state index contributed by atoms with van der Waals surface area (Å²) >= 11 is 8.65. The van der Waals surface area contributed by atoms with Gasteiger partial charge < -0.3 is 9.64 Å². The summed E-state index contributed by atoms with van der Waals surface area (Å²) in [7, 11) is 0. The third-order valence-electron chi connectivity index (χ3n) is 4.82. The summed E-state index contributed by atoms with van der Waals surface area (Å²) in [6.45, 7) is 9.13. The smallest absolute Gasteiger partial charge is 0.187 e. The van der Waals surface area contributed by atoms with Crippen LogP contribution < -0.4 is 4.74 Å². The molecule has 3 nitrogen and oxygen atoms in total. The van der Waals surface area contributed by atoms with Gasteiger partial charge in [0.2, 0.25) is 0 Å². The lowest BCUT2D eigenvalue weighted by atomic mass is 9.93. The van der Waals surface area contributed by atoms with E-state index >= 15 is 0 Å². The van der Waals surface area contributed by atoms with Crippen molar-refractivity contribution in [2.45, 2.75) is 30.4 Å². The van der Waals surface area contributed by atoms with Gasteiger partial charge in [-0.25, -0.2) is 0 Å². The number of ketones is 1. The Balaban J connectivity index is 2.04. The molecule has 0 radical (unpaired) electrons. The van der Waals surface area contributed by atoms with Crippen LogP contribution in [-0.4, -0.2) is 41.7 Å². The molecule has 0 bridgehead atoms. The predicted molar refractivity (Wildman–Crippen MR) is 119 cm³/mol. The Labute approximate surface area is 182 Å². The summed E-state index contributed by atoms with van der Waals surface area (Å²) in [6, 6.07) is 12.1. The Bertz CT molecular complexity index is 837. The van der Waals surface area contributed by atoms with Crippen molar-refractivity contribution in [3.05, 3.63) is 56.5 Å². The van der Waals surface area contributed by atoms with Crippen molar-refractivity contribution >= 4 is 49.4 Å². The molecule has 1 aliphatic heterocycles. The van der Waals surface area contributed by atoms with E-state index in [1.54, 1.807) is 11.8 Å². The van der Waals surface area contributed by atoms with Crippen LogP contribution in [0.25, 0.3) is 0 Å². The molecule has 0 saturated heterocycles. The van der Waals surface area contributed by atoms with E-state index in [0.717, 1.165) is 26.9 Å². The van der Waals surface area contributed by atoms with Crippen molar-refractivity contribution in [1.82, 2.24) is 4.90 Å². The Morgan fingerprint density at radius 2 is 1.81 bits per heavy atom. The number of carbonyl (C=O) groups is 1. The monoisotopic (exact) mass is 511 g/mol. The maximum absolute atomic E-state index is 13.7. The van der Waals surface area contributed by atoms with Crippen molar-refractivity contribution in [2.75, 3.05) is 26.2 Å². The number of hydrogen-bond acceptors (Lipinski definition) is 4. The van der Waals surface area contributed by atoms with Gasteiger partial charge in [0, 0.05) is 15.9 Å². The molecule has 27 heavy (non-hydrogen) atoms. The van der Waals surface area contributed by atoms with E-state index in [4.69, 9.17) is 4.74 Å². The molecule has 0 aliphatic carbocycles. The molecular weight excluding hydrogens is 490 g/mol. The fourth-order valence-corrected chi connectivity index (χ4v) is 5.87. The van der Waals surface area contributed by atoms with Gasteiger partial charge in [0.25, 0.3) is 0 Å². The van der Waals surface area contributed by atoms with Crippen LogP contribution in [0.4, 0.5) is 0 Å². The molecule has 0 N–H and O–H groups in total. The third-order valence-corrected chi connectivity index (χ3v) is 7.20. The summed E-state index contributed by atoms with van der Waals surface area (Å²) in [6.07, 6.45) is 0. The second-order valence-electron chi connectivity index (χ2n) is 6.75. The lowest BCUT2D eigenvalue weighted by molar-refractivity contribution is 0.0824. The molecule has 0 amide bonds. The number of ether oxygens (including phenoxy) is 1. The first-order valence-corrected chi connectivity index (χ1v) is 11.4. The van der Waals surface area contributed by atoms with Crippen LogP contribution in [0.15, 0.2) is 50.2 Å². The number of hydrogen-bond donors (Lipinski definition) is 0. The largest absolute Gasteiger partial charge is 0.490 e. The van der Waals surface area contributed by atoms with E-state index in [1.165, 1.54) is 5.56 Å². The molecular formula is C21H23Br2NO2S. The predicted octanol–water partition coefficient (Wildman–Crippen LogP) is 5.97. The number of nitrogens with zero attached hydrogens (tertiary/aromatic N) is 1. The molecule has 0 aromatic heterocycles. The minimum Gasteiger partial charge on any atom is -0.490 e. The van der Waals surface area contributed by atoms with Crippen LogP contribution in [-0.2, 0) is 0 Å². The molecule has 1 unspecified atom stereocenters. The topological polar surface area (TPSA) is 29.5 Å². The van der Waals surface area contributed by atoms with Gasteiger partial charge in [0.1, 0.15) is 17.1 Å². The lowest BCUT2D eigenvalue weighted by Gasteiger charge is -2.39. The van der Waals surface area contributed by atoms with Gasteiger partial charge >= 0.3 is 0 Å². The van der Waals surface area contributed by atoms with Gasteiger partial charge in [-0.3, -0.25) is 4.79 Å². The minimum absolute atomic E-state index is 0.128. The lowest BCUT2D eigenvalue weighted by Crippen LogP contribution is -2.52. The standard InChI is InChI=1S/C21H23Br2NO2S/c1-4-24(5-2)12-21(27-16-8-6-14(3)7-9-16)13-26-19-17(20(21)25)10-15(22)11-18(19)23/h6-11H,4-5,12-13H2,1-3H3. The summed E-state index contributed by atoms with van der Waals surface area (Å²) in [5, 5.41) is 0. The SMILES string of the molecule is CCN(CC)CC1(Sc2ccc(C)cc2)COc2c(Br)cc(Br)cc2C1=O. The molecule has 0 spiro atoms. The number of Topliss-reactive ketones (excluding diaryl/α,β-unsaturated/α-hetero) is 1. The van der Waals surface area contributed by atoms with Gasteiger partial charge in [-0.1, -0.05) is 47.5 Å². The molecule has 1 heterocycles. The van der Waals surface area contributed by atoms with Crippen molar-refractivity contribution in [3.8, 4) is 5.75 Å². The van der Waals surface area contributed by atoms with Gasteiger partial charge in [-0.2, -0.15) is 0 Å². The molecule has 1 aliphatic rings. The quantitative estimate of drug-likeness (QED) is 0.477. The van der Waals surface area contributed by atoms with Crippen molar-refractivity contribution in [3.63, 3.8) is 0 Å². The number of thioether (sulfide) groups is 1. The average molecular weight is 513 g/mol. The van der Waals surface area contributed by atoms with Crippen molar-refractivity contribution in [2.24, 2.45) is 0 Å². The molecule has 6 heteroatoms. The molecule has 2 aromatic rings. The number of rotatable bonds is 6. The van der Waals surface area contributed by atoms with Crippen LogP contribution in [0.3, 0.4) is 0 Å². The minimum atomic E-state index is -0.672. The number of halogens is 2. The van der Waals surface area contributed by atoms with E-state index in [-0.39, 0.29) is 5.78 Å². The zero-order chi connectivity index (χ0) is 19.6. The first-order valence-electron chi connectivity index (χ1n) is 9.03. The van der Waals surface area contributed by atoms with E-state index in [1.807, 2.05) is 12.1 Å². The first kappa shape index (κ1) is 20.9. The van der Waals surface area contributed by atoms with Gasteiger partial charge in [0.05, 0.1) is 10.0 Å². The molecule has 1 atom stereocenters. The van der Waals surface area contributed by atoms with Crippen LogP contribution in [0, 0.1) is 6.92 Å². The maximum atomic E-state index is 13.7. The van der Waals surface area contributed by atoms with E-state index in [9.17, 15) is 4.79 Å². The Kier molecular flexibility index (Phi) is 6.72. The fourth-order valence-electron chi connectivity index (χ4n) is 3.24. The molecule has 3 rings (SSSR count). The zero-order valence-corrected chi connectivity index (χ0v) is 19.7. The van der Waals surface area contributed by atoms with Crippen LogP contribution in [0.1, 0.15) is 29.8 Å². The Morgan fingerprint density at radius 3 is 2.44 bits per heavy atom. The highest BCUT2D eigenvalue weighted by molar-refractivity contribution is 9.11. The maximum Gasteiger partial charge on any atom is 0.187 e. The second kappa shape index (κ2) is 8.68. The van der Waals surface area contributed by atoms with E-state index in [0.29, 0.717) is 24.5 Å².